The van der Waals surface area contributed by atoms with Crippen molar-refractivity contribution in [1.82, 2.24) is 5.32 Å². The van der Waals surface area contributed by atoms with Gasteiger partial charge in [0.2, 0.25) is 0 Å². The zero-order valence-corrected chi connectivity index (χ0v) is 12.5. The van der Waals surface area contributed by atoms with Gasteiger partial charge in [0.1, 0.15) is 0 Å². The molecule has 2 aromatic rings. The molecular weight excluding hydrogens is 351 g/mol. The standard InChI is InChI=1S/C14H11BrF3NO2/c1-8(19-13(20)11-5-6-12(15)21-11)9-3-2-4-10(7-9)14(16,17)18/h2-8H,1H3,(H,19,20). The van der Waals surface area contributed by atoms with Crippen molar-refractivity contribution >= 4 is 21.8 Å². The third-order valence-electron chi connectivity index (χ3n) is 2.86. The van der Waals surface area contributed by atoms with Crippen LogP contribution in [0.5, 0.6) is 0 Å². The molecule has 0 fully saturated rings. The van der Waals surface area contributed by atoms with Crippen molar-refractivity contribution in [2.45, 2.75) is 19.1 Å². The molecule has 0 aliphatic rings. The van der Waals surface area contributed by atoms with Crippen LogP contribution in [0.2, 0.25) is 0 Å². The summed E-state index contributed by atoms with van der Waals surface area (Å²) in [5, 5.41) is 2.58. The first-order chi connectivity index (χ1) is 9.77. The minimum absolute atomic E-state index is 0.0840. The molecule has 0 saturated carbocycles. The molecule has 1 amide bonds. The Morgan fingerprint density at radius 1 is 1.29 bits per heavy atom. The zero-order chi connectivity index (χ0) is 15.6. The largest absolute Gasteiger partial charge is 0.444 e. The van der Waals surface area contributed by atoms with Gasteiger partial charge in [-0.3, -0.25) is 4.79 Å². The molecular formula is C14H11BrF3NO2. The van der Waals surface area contributed by atoms with E-state index in [9.17, 15) is 18.0 Å². The Labute approximate surface area is 127 Å². The Morgan fingerprint density at radius 2 is 2.00 bits per heavy atom. The molecule has 1 unspecified atom stereocenters. The first kappa shape index (κ1) is 15.6. The Bertz CT molecular complexity index is 652. The van der Waals surface area contributed by atoms with Crippen molar-refractivity contribution in [3.05, 3.63) is 58.0 Å². The maximum absolute atomic E-state index is 12.7. The third-order valence-corrected chi connectivity index (χ3v) is 3.28. The second-order valence-corrected chi connectivity index (χ2v) is 5.20. The average Bonchev–Trinajstić information content (AvgIpc) is 2.84. The smallest absolute Gasteiger partial charge is 0.416 e. The molecule has 112 valence electrons. The molecule has 3 nitrogen and oxygen atoms in total. The van der Waals surface area contributed by atoms with E-state index in [1.54, 1.807) is 13.0 Å². The van der Waals surface area contributed by atoms with Gasteiger partial charge in [-0.15, -0.1) is 0 Å². The number of rotatable bonds is 3. The SMILES string of the molecule is CC(NC(=O)c1ccc(Br)o1)c1cccc(C(F)(F)F)c1. The highest BCUT2D eigenvalue weighted by Crippen LogP contribution is 2.30. The Morgan fingerprint density at radius 3 is 2.57 bits per heavy atom. The van der Waals surface area contributed by atoms with Crippen LogP contribution in [-0.4, -0.2) is 5.91 Å². The summed E-state index contributed by atoms with van der Waals surface area (Å²) in [4.78, 5) is 11.9. The van der Waals surface area contributed by atoms with Crippen molar-refractivity contribution < 1.29 is 22.4 Å². The highest BCUT2D eigenvalue weighted by Gasteiger charge is 2.30. The van der Waals surface area contributed by atoms with Gasteiger partial charge in [0.15, 0.2) is 10.4 Å². The zero-order valence-electron chi connectivity index (χ0n) is 10.9. The van der Waals surface area contributed by atoms with Crippen molar-refractivity contribution in [1.29, 1.82) is 0 Å². The van der Waals surface area contributed by atoms with E-state index in [1.807, 2.05) is 0 Å². The number of hydrogen-bond acceptors (Lipinski definition) is 2. The summed E-state index contributed by atoms with van der Waals surface area (Å²) in [7, 11) is 0. The number of carbonyl (C=O) groups excluding carboxylic acids is 1. The topological polar surface area (TPSA) is 42.2 Å². The molecule has 1 aromatic carbocycles. The number of carbonyl (C=O) groups is 1. The van der Waals surface area contributed by atoms with Gasteiger partial charge >= 0.3 is 6.18 Å². The Hall–Kier alpha value is -1.76. The summed E-state index contributed by atoms with van der Waals surface area (Å²) in [6.07, 6.45) is -4.41. The predicted molar refractivity (Wildman–Crippen MR) is 73.7 cm³/mol. The van der Waals surface area contributed by atoms with Crippen LogP contribution in [0.4, 0.5) is 13.2 Å². The first-order valence-electron chi connectivity index (χ1n) is 6.01. The average molecular weight is 362 g/mol. The van der Waals surface area contributed by atoms with Gasteiger partial charge in [0, 0.05) is 0 Å². The van der Waals surface area contributed by atoms with E-state index < -0.39 is 23.7 Å². The van der Waals surface area contributed by atoms with Crippen LogP contribution < -0.4 is 5.32 Å². The van der Waals surface area contributed by atoms with Crippen LogP contribution in [-0.2, 0) is 6.18 Å². The van der Waals surface area contributed by atoms with Crippen molar-refractivity contribution in [2.24, 2.45) is 0 Å². The molecule has 2 rings (SSSR count). The molecule has 0 bridgehead atoms. The highest BCUT2D eigenvalue weighted by atomic mass is 79.9. The normalized spacial score (nSPS) is 13.0. The molecule has 0 aliphatic heterocycles. The monoisotopic (exact) mass is 361 g/mol. The van der Waals surface area contributed by atoms with Gasteiger partial charge < -0.3 is 9.73 Å². The van der Waals surface area contributed by atoms with E-state index in [4.69, 9.17) is 4.42 Å². The van der Waals surface area contributed by atoms with Gasteiger partial charge in [-0.1, -0.05) is 12.1 Å². The van der Waals surface area contributed by atoms with Crippen LogP contribution in [0.3, 0.4) is 0 Å². The number of halogens is 4. The van der Waals surface area contributed by atoms with E-state index >= 15 is 0 Å². The van der Waals surface area contributed by atoms with E-state index in [2.05, 4.69) is 21.2 Å². The fourth-order valence-corrected chi connectivity index (χ4v) is 2.08. The lowest BCUT2D eigenvalue weighted by Gasteiger charge is -2.15. The number of amides is 1. The molecule has 0 aliphatic carbocycles. The highest BCUT2D eigenvalue weighted by molar-refractivity contribution is 9.10. The van der Waals surface area contributed by atoms with Gasteiger partial charge in [-0.2, -0.15) is 13.2 Å². The second kappa shape index (κ2) is 5.93. The summed E-state index contributed by atoms with van der Waals surface area (Å²) in [5.74, 6) is -0.411. The minimum atomic E-state index is -4.41. The molecule has 0 saturated heterocycles. The van der Waals surface area contributed by atoms with Crippen molar-refractivity contribution in [3.8, 4) is 0 Å². The van der Waals surface area contributed by atoms with Crippen molar-refractivity contribution in [3.63, 3.8) is 0 Å². The van der Waals surface area contributed by atoms with Gasteiger partial charge in [0.05, 0.1) is 11.6 Å². The molecule has 1 aromatic heterocycles. The van der Waals surface area contributed by atoms with Crippen LogP contribution in [0.1, 0.15) is 34.6 Å². The van der Waals surface area contributed by atoms with Gasteiger partial charge in [-0.05, 0) is 52.7 Å². The van der Waals surface area contributed by atoms with E-state index in [0.717, 1.165) is 12.1 Å². The summed E-state index contributed by atoms with van der Waals surface area (Å²) in [6.45, 7) is 1.60. The quantitative estimate of drug-likeness (QED) is 0.871. The minimum Gasteiger partial charge on any atom is -0.444 e. The summed E-state index contributed by atoms with van der Waals surface area (Å²) in [5.41, 5.74) is -0.384. The van der Waals surface area contributed by atoms with Gasteiger partial charge in [0.25, 0.3) is 5.91 Å². The lowest BCUT2D eigenvalue weighted by Crippen LogP contribution is -2.26. The predicted octanol–water partition coefficient (Wildman–Crippen LogP) is 4.55. The summed E-state index contributed by atoms with van der Waals surface area (Å²) < 4.78 is 43.4. The van der Waals surface area contributed by atoms with Crippen LogP contribution in [0.25, 0.3) is 0 Å². The Kier molecular flexibility index (Phi) is 4.41. The maximum atomic E-state index is 12.7. The molecule has 21 heavy (non-hydrogen) atoms. The van der Waals surface area contributed by atoms with E-state index in [0.29, 0.717) is 10.2 Å². The number of hydrogen-bond donors (Lipinski definition) is 1. The number of benzene rings is 1. The maximum Gasteiger partial charge on any atom is 0.416 e. The molecule has 1 heterocycles. The number of alkyl halides is 3. The number of nitrogens with one attached hydrogen (secondary N) is 1. The molecule has 1 N–H and O–H groups in total. The first-order valence-corrected chi connectivity index (χ1v) is 6.80. The lowest BCUT2D eigenvalue weighted by atomic mass is 10.0. The molecule has 0 spiro atoms. The third kappa shape index (κ3) is 3.87. The Balaban J connectivity index is 2.13. The second-order valence-electron chi connectivity index (χ2n) is 4.42. The fourth-order valence-electron chi connectivity index (χ4n) is 1.77. The molecule has 0 radical (unpaired) electrons. The van der Waals surface area contributed by atoms with Gasteiger partial charge in [-0.25, -0.2) is 0 Å². The van der Waals surface area contributed by atoms with Crippen LogP contribution in [0.15, 0.2) is 45.5 Å². The number of furan rings is 1. The lowest BCUT2D eigenvalue weighted by molar-refractivity contribution is -0.137. The summed E-state index contributed by atoms with van der Waals surface area (Å²) >= 11 is 3.07. The molecule has 7 heteroatoms. The van der Waals surface area contributed by atoms with Crippen LogP contribution >= 0.6 is 15.9 Å². The van der Waals surface area contributed by atoms with E-state index in [1.165, 1.54) is 18.2 Å². The van der Waals surface area contributed by atoms with Crippen molar-refractivity contribution in [2.75, 3.05) is 0 Å². The fraction of sp³-hybridized carbons (Fsp3) is 0.214. The summed E-state index contributed by atoms with van der Waals surface area (Å²) in [6, 6.07) is 7.29. The molecule has 1 atom stereocenters. The van der Waals surface area contributed by atoms with E-state index in [-0.39, 0.29) is 5.76 Å². The van der Waals surface area contributed by atoms with Crippen LogP contribution in [0, 0.1) is 0 Å².